The molecule has 0 aromatic carbocycles. The second kappa shape index (κ2) is 6.19. The van der Waals surface area contributed by atoms with Crippen LogP contribution in [-0.4, -0.2) is 17.2 Å². The lowest BCUT2D eigenvalue weighted by Crippen LogP contribution is -2.53. The zero-order valence-corrected chi connectivity index (χ0v) is 17.9. The number of hydrogen-bond donors (Lipinski definition) is 1. The predicted octanol–water partition coefficient (Wildman–Crippen LogP) is 5.05. The number of fused-ring (bicyclic) bond motifs is 5. The molecular weight excluding hydrogens is 334 g/mol. The molecule has 4 rings (SSSR count). The van der Waals surface area contributed by atoms with Gasteiger partial charge in [-0.05, 0) is 100 Å². The average molecular weight is 372 g/mol. The Balaban J connectivity index is 1.58. The Kier molecular flexibility index (Phi) is 4.40. The molecule has 0 aromatic heterocycles. The van der Waals surface area contributed by atoms with Gasteiger partial charge in [0.25, 0.3) is 0 Å². The van der Waals surface area contributed by atoms with Crippen LogP contribution < -0.4 is 5.32 Å². The normalized spacial score (nSPS) is 44.0. The van der Waals surface area contributed by atoms with Crippen molar-refractivity contribution in [2.45, 2.75) is 91.5 Å². The largest absolute Gasteiger partial charge is 0.351 e. The van der Waals surface area contributed by atoms with Gasteiger partial charge in [-0.2, -0.15) is 0 Å². The van der Waals surface area contributed by atoms with E-state index in [4.69, 9.17) is 0 Å². The van der Waals surface area contributed by atoms with Crippen molar-refractivity contribution < 1.29 is 9.59 Å². The van der Waals surface area contributed by atoms with Gasteiger partial charge in [-0.25, -0.2) is 0 Å². The Morgan fingerprint density at radius 2 is 1.78 bits per heavy atom. The van der Waals surface area contributed by atoms with Crippen molar-refractivity contribution in [3.8, 4) is 0 Å². The Morgan fingerprint density at radius 1 is 1.04 bits per heavy atom. The first kappa shape index (κ1) is 19.2. The second-order valence-electron chi connectivity index (χ2n) is 11.4. The van der Waals surface area contributed by atoms with E-state index in [9.17, 15) is 9.59 Å². The molecule has 1 amide bonds. The van der Waals surface area contributed by atoms with Crippen molar-refractivity contribution in [3.05, 3.63) is 11.6 Å². The van der Waals surface area contributed by atoms with Crippen molar-refractivity contribution >= 4 is 11.7 Å². The van der Waals surface area contributed by atoms with Gasteiger partial charge >= 0.3 is 0 Å². The molecule has 3 heteroatoms. The molecule has 3 nitrogen and oxygen atoms in total. The summed E-state index contributed by atoms with van der Waals surface area (Å²) in [7, 11) is 0. The van der Waals surface area contributed by atoms with Crippen LogP contribution in [0.1, 0.15) is 86.0 Å². The van der Waals surface area contributed by atoms with Crippen molar-refractivity contribution in [1.29, 1.82) is 0 Å². The molecule has 150 valence electrons. The lowest BCUT2D eigenvalue weighted by atomic mass is 9.47. The first-order valence-electron chi connectivity index (χ1n) is 11.1. The van der Waals surface area contributed by atoms with Crippen LogP contribution in [-0.2, 0) is 9.59 Å². The predicted molar refractivity (Wildman–Crippen MR) is 108 cm³/mol. The minimum atomic E-state index is -0.157. The molecule has 0 saturated heterocycles. The average Bonchev–Trinajstić information content (AvgIpc) is 2.91. The standard InChI is InChI=1S/C24H37NO2/c1-22(2,3)25-21(27)20-9-8-18-17-7-6-15-14-16(26)10-12-23(15,4)19(17)11-13-24(18,20)5/h14,17-20H,6-13H2,1-5H3,(H,25,27)/t17-,18-,19+,20?,23-,24-/m0/s1. The van der Waals surface area contributed by atoms with Gasteiger partial charge in [-0.1, -0.05) is 19.4 Å². The van der Waals surface area contributed by atoms with Gasteiger partial charge < -0.3 is 5.32 Å². The van der Waals surface area contributed by atoms with Crippen LogP contribution in [0.15, 0.2) is 11.6 Å². The van der Waals surface area contributed by atoms with E-state index in [1.165, 1.54) is 24.8 Å². The molecule has 0 bridgehead atoms. The molecule has 4 aliphatic rings. The molecule has 1 unspecified atom stereocenters. The number of carbonyl (C=O) groups is 2. The van der Waals surface area contributed by atoms with Crippen LogP contribution in [0.2, 0.25) is 0 Å². The molecule has 0 radical (unpaired) electrons. The minimum absolute atomic E-state index is 0.151. The van der Waals surface area contributed by atoms with Gasteiger partial charge in [-0.3, -0.25) is 9.59 Å². The number of carbonyl (C=O) groups excluding carboxylic acids is 2. The van der Waals surface area contributed by atoms with E-state index in [2.05, 4.69) is 39.9 Å². The molecule has 27 heavy (non-hydrogen) atoms. The maximum atomic E-state index is 13.1. The molecule has 0 heterocycles. The number of ketones is 1. The maximum Gasteiger partial charge on any atom is 0.224 e. The van der Waals surface area contributed by atoms with Crippen molar-refractivity contribution in [2.75, 3.05) is 0 Å². The third-order valence-electron chi connectivity index (χ3n) is 8.78. The van der Waals surface area contributed by atoms with Gasteiger partial charge in [0.05, 0.1) is 0 Å². The van der Waals surface area contributed by atoms with E-state index in [-0.39, 0.29) is 28.2 Å². The highest BCUT2D eigenvalue weighted by atomic mass is 16.2. The summed E-state index contributed by atoms with van der Waals surface area (Å²) in [6.45, 7) is 11.1. The molecule has 0 spiro atoms. The summed E-state index contributed by atoms with van der Waals surface area (Å²) in [4.78, 5) is 25.0. The smallest absolute Gasteiger partial charge is 0.224 e. The zero-order valence-electron chi connectivity index (χ0n) is 17.9. The van der Waals surface area contributed by atoms with Gasteiger partial charge in [0.15, 0.2) is 5.78 Å². The van der Waals surface area contributed by atoms with Crippen molar-refractivity contribution in [1.82, 2.24) is 5.32 Å². The van der Waals surface area contributed by atoms with Crippen LogP contribution in [0.5, 0.6) is 0 Å². The van der Waals surface area contributed by atoms with Crippen LogP contribution in [0.4, 0.5) is 0 Å². The van der Waals surface area contributed by atoms with E-state index in [1.54, 1.807) is 0 Å². The summed E-state index contributed by atoms with van der Waals surface area (Å²) in [5, 5.41) is 3.26. The minimum Gasteiger partial charge on any atom is -0.351 e. The first-order valence-corrected chi connectivity index (χ1v) is 11.1. The Labute approximate surface area is 164 Å². The molecular formula is C24H37NO2. The molecule has 3 saturated carbocycles. The summed E-state index contributed by atoms with van der Waals surface area (Å²) in [5.74, 6) is 2.88. The highest BCUT2D eigenvalue weighted by Crippen LogP contribution is 2.66. The molecule has 4 aliphatic carbocycles. The fourth-order valence-corrected chi connectivity index (χ4v) is 7.45. The third kappa shape index (κ3) is 3.00. The molecule has 0 aromatic rings. The lowest BCUT2D eigenvalue weighted by molar-refractivity contribution is -0.134. The third-order valence-corrected chi connectivity index (χ3v) is 8.78. The molecule has 3 fully saturated rings. The molecule has 0 aliphatic heterocycles. The zero-order chi connectivity index (χ0) is 19.6. The fourth-order valence-electron chi connectivity index (χ4n) is 7.45. The summed E-state index contributed by atoms with van der Waals surface area (Å²) < 4.78 is 0. The van der Waals surface area contributed by atoms with E-state index < -0.39 is 0 Å². The van der Waals surface area contributed by atoms with Crippen LogP contribution in [0.3, 0.4) is 0 Å². The Bertz CT molecular complexity index is 687. The van der Waals surface area contributed by atoms with Gasteiger partial charge in [0.1, 0.15) is 0 Å². The van der Waals surface area contributed by atoms with E-state index in [1.807, 2.05) is 6.08 Å². The van der Waals surface area contributed by atoms with Crippen molar-refractivity contribution in [3.63, 3.8) is 0 Å². The quantitative estimate of drug-likeness (QED) is 0.701. The summed E-state index contributed by atoms with van der Waals surface area (Å²) in [6.07, 6.45) is 10.7. The summed E-state index contributed by atoms with van der Waals surface area (Å²) >= 11 is 0. The number of hydrogen-bond acceptors (Lipinski definition) is 2. The molecule has 1 N–H and O–H groups in total. The van der Waals surface area contributed by atoms with Gasteiger partial charge in [0.2, 0.25) is 5.91 Å². The van der Waals surface area contributed by atoms with Crippen LogP contribution in [0.25, 0.3) is 0 Å². The number of nitrogens with one attached hydrogen (secondary N) is 1. The number of amides is 1. The van der Waals surface area contributed by atoms with E-state index >= 15 is 0 Å². The monoisotopic (exact) mass is 371 g/mol. The SMILES string of the molecule is CC(C)(C)NC(=O)C1CC[C@H]2[C@@H]3CCC4=CC(=O)CC[C@]4(C)[C@@H]3CC[C@]12C. The van der Waals surface area contributed by atoms with E-state index in [0.717, 1.165) is 38.0 Å². The van der Waals surface area contributed by atoms with Gasteiger partial charge in [-0.15, -0.1) is 0 Å². The Hall–Kier alpha value is -1.12. The summed E-state index contributed by atoms with van der Waals surface area (Å²) in [5.41, 5.74) is 1.65. The molecule has 6 atom stereocenters. The lowest BCUT2D eigenvalue weighted by Gasteiger charge is -2.58. The summed E-state index contributed by atoms with van der Waals surface area (Å²) in [6, 6.07) is 0. The number of allylic oxidation sites excluding steroid dienone is 1. The second-order valence-corrected chi connectivity index (χ2v) is 11.4. The van der Waals surface area contributed by atoms with Crippen LogP contribution in [0, 0.1) is 34.5 Å². The first-order chi connectivity index (χ1) is 12.5. The van der Waals surface area contributed by atoms with E-state index in [0.29, 0.717) is 17.6 Å². The number of rotatable bonds is 1. The highest BCUT2D eigenvalue weighted by Gasteiger charge is 2.60. The highest BCUT2D eigenvalue weighted by molar-refractivity contribution is 5.91. The Morgan fingerprint density at radius 3 is 2.48 bits per heavy atom. The maximum absolute atomic E-state index is 13.1. The van der Waals surface area contributed by atoms with Crippen molar-refractivity contribution in [2.24, 2.45) is 34.5 Å². The fraction of sp³-hybridized carbons (Fsp3) is 0.833. The topological polar surface area (TPSA) is 46.2 Å². The van der Waals surface area contributed by atoms with Gasteiger partial charge in [0, 0.05) is 17.9 Å². The van der Waals surface area contributed by atoms with Crippen LogP contribution >= 0.6 is 0 Å².